The number of nitrogens with one attached hydrogen (secondary N) is 2. The first kappa shape index (κ1) is 19.8. The molecular weight excluding hydrogens is 372 g/mol. The number of benzene rings is 1. The van der Waals surface area contributed by atoms with E-state index in [-0.39, 0.29) is 23.1 Å². The zero-order valence-corrected chi connectivity index (χ0v) is 16.6. The van der Waals surface area contributed by atoms with Crippen LogP contribution < -0.4 is 10.9 Å². The van der Waals surface area contributed by atoms with Gasteiger partial charge in [0.15, 0.2) is 5.16 Å². The van der Waals surface area contributed by atoms with E-state index in [9.17, 15) is 9.59 Å². The predicted octanol–water partition coefficient (Wildman–Crippen LogP) is 3.19. The van der Waals surface area contributed by atoms with Crippen LogP contribution in [0.3, 0.4) is 0 Å². The zero-order valence-electron chi connectivity index (χ0n) is 15.8. The van der Waals surface area contributed by atoms with Gasteiger partial charge in [-0.15, -0.1) is 0 Å². The van der Waals surface area contributed by atoms with E-state index < -0.39 is 0 Å². The molecule has 0 saturated heterocycles. The average Bonchev–Trinajstić information content (AvgIpc) is 2.70. The molecule has 0 aliphatic rings. The Kier molecular flexibility index (Phi) is 6.60. The van der Waals surface area contributed by atoms with Gasteiger partial charge in [-0.05, 0) is 31.5 Å². The lowest BCUT2D eigenvalue weighted by Crippen LogP contribution is -2.29. The second-order valence-electron chi connectivity index (χ2n) is 6.38. The summed E-state index contributed by atoms with van der Waals surface area (Å²) in [6, 6.07) is 15.5. The summed E-state index contributed by atoms with van der Waals surface area (Å²) < 4.78 is 0. The Morgan fingerprint density at radius 1 is 1.18 bits per heavy atom. The number of hydrogen-bond donors (Lipinski definition) is 2. The van der Waals surface area contributed by atoms with Crippen molar-refractivity contribution in [2.75, 3.05) is 0 Å². The molecule has 0 radical (unpaired) electrons. The minimum absolute atomic E-state index is 0.0137. The van der Waals surface area contributed by atoms with Crippen molar-refractivity contribution in [2.45, 2.75) is 37.2 Å². The number of aryl methyl sites for hydroxylation is 1. The molecule has 0 aliphatic heterocycles. The lowest BCUT2D eigenvalue weighted by atomic mass is 10.1. The van der Waals surface area contributed by atoms with Crippen molar-refractivity contribution in [2.24, 2.45) is 0 Å². The molecule has 1 amide bonds. The molecule has 0 saturated carbocycles. The number of aromatic amines is 1. The van der Waals surface area contributed by atoms with Crippen LogP contribution in [-0.2, 0) is 17.8 Å². The van der Waals surface area contributed by atoms with Crippen molar-refractivity contribution in [1.82, 2.24) is 20.3 Å². The van der Waals surface area contributed by atoms with Gasteiger partial charge in [0.1, 0.15) is 0 Å². The fourth-order valence-electron chi connectivity index (χ4n) is 2.72. The van der Waals surface area contributed by atoms with Crippen molar-refractivity contribution >= 4 is 17.7 Å². The summed E-state index contributed by atoms with van der Waals surface area (Å²) in [5.41, 5.74) is 2.60. The summed E-state index contributed by atoms with van der Waals surface area (Å²) in [6.45, 7) is 4.15. The maximum absolute atomic E-state index is 12.5. The van der Waals surface area contributed by atoms with Gasteiger partial charge >= 0.3 is 0 Å². The highest BCUT2D eigenvalue weighted by atomic mass is 32.2. The van der Waals surface area contributed by atoms with E-state index in [0.29, 0.717) is 23.0 Å². The van der Waals surface area contributed by atoms with Crippen molar-refractivity contribution in [1.29, 1.82) is 0 Å². The average molecular weight is 395 g/mol. The molecule has 2 N–H and O–H groups in total. The number of rotatable bonds is 7. The van der Waals surface area contributed by atoms with Crippen LogP contribution in [0.1, 0.15) is 34.7 Å². The molecule has 2 heterocycles. The first-order valence-corrected chi connectivity index (χ1v) is 9.89. The summed E-state index contributed by atoms with van der Waals surface area (Å²) in [4.78, 5) is 36.1. The first-order valence-electron chi connectivity index (χ1n) is 9.01. The van der Waals surface area contributed by atoms with Gasteiger partial charge in [-0.25, -0.2) is 4.98 Å². The molecule has 3 aromatic rings. The second kappa shape index (κ2) is 9.32. The standard InChI is InChI=1S/C21H22N4O2S/c1-14-18(12-19(26)23-13-17-10-6-7-11-22-17)20(27)25-21(24-14)28-15(2)16-8-4-3-5-9-16/h3-11,15H,12-13H2,1-2H3,(H,23,26)(H,24,25,27). The number of carbonyl (C=O) groups is 1. The number of hydrogen-bond acceptors (Lipinski definition) is 5. The number of aromatic nitrogens is 3. The van der Waals surface area contributed by atoms with Crippen LogP contribution in [0.5, 0.6) is 0 Å². The smallest absolute Gasteiger partial charge is 0.255 e. The van der Waals surface area contributed by atoms with Gasteiger partial charge in [-0.3, -0.25) is 14.6 Å². The molecule has 7 heteroatoms. The molecular formula is C21H22N4O2S. The SMILES string of the molecule is Cc1nc(SC(C)c2ccccc2)[nH]c(=O)c1CC(=O)NCc1ccccn1. The number of H-pyrrole nitrogens is 1. The number of carbonyl (C=O) groups excluding carboxylic acids is 1. The second-order valence-corrected chi connectivity index (χ2v) is 7.71. The van der Waals surface area contributed by atoms with E-state index >= 15 is 0 Å². The van der Waals surface area contributed by atoms with E-state index in [2.05, 4.69) is 27.2 Å². The Hall–Kier alpha value is -2.93. The molecule has 0 spiro atoms. The third-order valence-corrected chi connectivity index (χ3v) is 5.33. The minimum atomic E-state index is -0.275. The van der Waals surface area contributed by atoms with Crippen molar-refractivity contribution in [3.05, 3.63) is 87.6 Å². The van der Waals surface area contributed by atoms with Crippen LogP contribution in [-0.4, -0.2) is 20.9 Å². The van der Waals surface area contributed by atoms with E-state index in [0.717, 1.165) is 11.3 Å². The largest absolute Gasteiger partial charge is 0.350 e. The van der Waals surface area contributed by atoms with Crippen LogP contribution >= 0.6 is 11.8 Å². The van der Waals surface area contributed by atoms with Crippen molar-refractivity contribution in [3.63, 3.8) is 0 Å². The zero-order chi connectivity index (χ0) is 19.9. The van der Waals surface area contributed by atoms with Crippen molar-refractivity contribution in [3.8, 4) is 0 Å². The highest BCUT2D eigenvalue weighted by molar-refractivity contribution is 7.99. The lowest BCUT2D eigenvalue weighted by molar-refractivity contribution is -0.120. The first-order chi connectivity index (χ1) is 13.5. The number of nitrogens with zero attached hydrogens (tertiary/aromatic N) is 2. The fraction of sp³-hybridized carbons (Fsp3) is 0.238. The Balaban J connectivity index is 1.64. The van der Waals surface area contributed by atoms with Crippen molar-refractivity contribution < 1.29 is 4.79 Å². The highest BCUT2D eigenvalue weighted by Gasteiger charge is 2.15. The van der Waals surface area contributed by atoms with Gasteiger partial charge in [0.05, 0.1) is 18.7 Å². The van der Waals surface area contributed by atoms with E-state index in [1.807, 2.05) is 48.5 Å². The summed E-state index contributed by atoms with van der Waals surface area (Å²) in [5.74, 6) is -0.237. The van der Waals surface area contributed by atoms with Crippen LogP contribution in [0.2, 0.25) is 0 Å². The molecule has 3 rings (SSSR count). The number of pyridine rings is 1. The van der Waals surface area contributed by atoms with Crippen LogP contribution in [0.25, 0.3) is 0 Å². The van der Waals surface area contributed by atoms with E-state index in [1.54, 1.807) is 13.1 Å². The highest BCUT2D eigenvalue weighted by Crippen LogP contribution is 2.32. The van der Waals surface area contributed by atoms with Gasteiger partial charge in [-0.1, -0.05) is 48.2 Å². The quantitative estimate of drug-likeness (QED) is 0.475. The normalized spacial score (nSPS) is 11.8. The Bertz CT molecular complexity index is 990. The Morgan fingerprint density at radius 3 is 2.61 bits per heavy atom. The van der Waals surface area contributed by atoms with Gasteiger partial charge in [0.2, 0.25) is 5.91 Å². The molecule has 0 aliphatic carbocycles. The Labute approximate surface area is 167 Å². The summed E-state index contributed by atoms with van der Waals surface area (Å²) in [7, 11) is 0. The maximum Gasteiger partial charge on any atom is 0.255 e. The minimum Gasteiger partial charge on any atom is -0.350 e. The molecule has 1 aromatic carbocycles. The summed E-state index contributed by atoms with van der Waals surface area (Å²) in [6.07, 6.45) is 1.66. The number of amides is 1. The van der Waals surface area contributed by atoms with E-state index in [4.69, 9.17) is 0 Å². The molecule has 28 heavy (non-hydrogen) atoms. The van der Waals surface area contributed by atoms with Gasteiger partial charge in [-0.2, -0.15) is 0 Å². The maximum atomic E-state index is 12.5. The van der Waals surface area contributed by atoms with Gasteiger partial charge in [0, 0.05) is 22.7 Å². The number of thioether (sulfide) groups is 1. The lowest BCUT2D eigenvalue weighted by Gasteiger charge is -2.12. The summed E-state index contributed by atoms with van der Waals surface area (Å²) in [5, 5.41) is 3.48. The molecule has 2 aromatic heterocycles. The summed E-state index contributed by atoms with van der Waals surface area (Å²) >= 11 is 1.48. The van der Waals surface area contributed by atoms with Gasteiger partial charge < -0.3 is 10.3 Å². The molecule has 0 fully saturated rings. The Morgan fingerprint density at radius 2 is 1.93 bits per heavy atom. The third kappa shape index (κ3) is 5.29. The van der Waals surface area contributed by atoms with Crippen LogP contribution in [0.4, 0.5) is 0 Å². The predicted molar refractivity (Wildman–Crippen MR) is 110 cm³/mol. The topological polar surface area (TPSA) is 87.7 Å². The van der Waals surface area contributed by atoms with Crippen LogP contribution in [0, 0.1) is 6.92 Å². The van der Waals surface area contributed by atoms with Gasteiger partial charge in [0.25, 0.3) is 5.56 Å². The third-order valence-electron chi connectivity index (χ3n) is 4.29. The monoisotopic (exact) mass is 394 g/mol. The molecule has 6 nitrogen and oxygen atoms in total. The molecule has 1 unspecified atom stereocenters. The van der Waals surface area contributed by atoms with Crippen LogP contribution in [0.15, 0.2) is 64.7 Å². The van der Waals surface area contributed by atoms with E-state index in [1.165, 1.54) is 11.8 Å². The molecule has 0 bridgehead atoms. The molecule has 1 atom stereocenters. The molecule has 144 valence electrons. The fourth-order valence-corrected chi connectivity index (χ4v) is 3.69.